The third-order valence-electron chi connectivity index (χ3n) is 5.40. The summed E-state index contributed by atoms with van der Waals surface area (Å²) < 4.78 is 30.6. The highest BCUT2D eigenvalue weighted by Gasteiger charge is 2.18. The summed E-state index contributed by atoms with van der Waals surface area (Å²) in [6, 6.07) is 18.3. The van der Waals surface area contributed by atoms with E-state index in [0.717, 1.165) is 22.4 Å². The molecular formula is C25H15F2N5O2S. The number of hydrogen-bond donors (Lipinski definition) is 0. The second kappa shape index (κ2) is 9.12. The lowest BCUT2D eigenvalue weighted by Crippen LogP contribution is -2.25. The number of fused-ring (bicyclic) bond motifs is 2. The monoisotopic (exact) mass is 487 g/mol. The molecule has 2 aromatic heterocycles. The molecular weight excluding hydrogens is 472 g/mol. The number of nitrogens with zero attached hydrogens (tertiary/aromatic N) is 5. The van der Waals surface area contributed by atoms with Crippen molar-refractivity contribution in [2.75, 3.05) is 0 Å². The molecule has 7 nitrogen and oxygen atoms in total. The summed E-state index contributed by atoms with van der Waals surface area (Å²) in [7, 11) is 0. The van der Waals surface area contributed by atoms with E-state index in [1.807, 2.05) is 6.07 Å². The second-order valence-electron chi connectivity index (χ2n) is 7.53. The highest BCUT2D eigenvalue weighted by Crippen LogP contribution is 2.26. The van der Waals surface area contributed by atoms with Crippen LogP contribution in [-0.4, -0.2) is 19.1 Å². The molecule has 0 unspecified atom stereocenters. The molecule has 0 radical (unpaired) electrons. The van der Waals surface area contributed by atoms with Crippen LogP contribution in [0.2, 0.25) is 0 Å². The van der Waals surface area contributed by atoms with Crippen LogP contribution in [0.25, 0.3) is 27.5 Å². The highest BCUT2D eigenvalue weighted by atomic mass is 32.2. The molecule has 0 saturated heterocycles. The van der Waals surface area contributed by atoms with Crippen LogP contribution in [0.3, 0.4) is 0 Å². The molecule has 0 N–H and O–H groups in total. The maximum Gasteiger partial charge on any atom is 0.266 e. The lowest BCUT2D eigenvalue weighted by molar-refractivity contribution is 0.572. The number of rotatable bonds is 5. The molecule has 172 valence electrons. The van der Waals surface area contributed by atoms with Crippen molar-refractivity contribution in [3.63, 3.8) is 0 Å². The first-order valence-corrected chi connectivity index (χ1v) is 11.4. The van der Waals surface area contributed by atoms with E-state index in [1.165, 1.54) is 10.6 Å². The Balaban J connectivity index is 1.67. The Bertz CT molecular complexity index is 1780. The van der Waals surface area contributed by atoms with Crippen molar-refractivity contribution >= 4 is 33.6 Å². The van der Waals surface area contributed by atoms with Crippen LogP contribution in [0.4, 0.5) is 8.78 Å². The average molecular weight is 487 g/mol. The van der Waals surface area contributed by atoms with Crippen molar-refractivity contribution in [3.05, 3.63) is 105 Å². The molecule has 3 aromatic carbocycles. The fourth-order valence-corrected chi connectivity index (χ4v) is 4.72. The number of thioether (sulfide) groups is 1. The molecule has 0 aliphatic rings. The molecule has 10 heteroatoms. The van der Waals surface area contributed by atoms with Crippen LogP contribution in [-0.2, 0) is 12.3 Å². The third-order valence-corrected chi connectivity index (χ3v) is 6.33. The minimum atomic E-state index is -0.920. The fraction of sp³-hybridized carbons (Fsp3) is 0.0800. The number of para-hydroxylation sites is 2. The quantitative estimate of drug-likeness (QED) is 0.273. The van der Waals surface area contributed by atoms with Gasteiger partial charge in [-0.15, -0.1) is 0 Å². The van der Waals surface area contributed by atoms with E-state index in [1.54, 1.807) is 48.5 Å². The van der Waals surface area contributed by atoms with E-state index in [9.17, 15) is 23.6 Å². The van der Waals surface area contributed by atoms with Crippen molar-refractivity contribution < 1.29 is 8.78 Å². The van der Waals surface area contributed by atoms with E-state index < -0.39 is 17.2 Å². The molecule has 2 heterocycles. The fourth-order valence-electron chi connectivity index (χ4n) is 3.77. The molecule has 5 aromatic rings. The average Bonchev–Trinajstić information content (AvgIpc) is 2.86. The zero-order valence-electron chi connectivity index (χ0n) is 18.0. The van der Waals surface area contributed by atoms with Crippen molar-refractivity contribution in [1.82, 2.24) is 19.1 Å². The lowest BCUT2D eigenvalue weighted by Gasteiger charge is -2.15. The number of benzene rings is 3. The lowest BCUT2D eigenvalue weighted by atomic mass is 10.2. The normalized spacial score (nSPS) is 11.1. The van der Waals surface area contributed by atoms with Gasteiger partial charge in [-0.25, -0.2) is 18.7 Å². The minimum absolute atomic E-state index is 0.0648. The van der Waals surface area contributed by atoms with Crippen LogP contribution >= 0.6 is 11.8 Å². The zero-order chi connectivity index (χ0) is 24.5. The largest absolute Gasteiger partial charge is 0.281 e. The van der Waals surface area contributed by atoms with Crippen molar-refractivity contribution in [1.29, 1.82) is 5.26 Å². The van der Waals surface area contributed by atoms with Crippen molar-refractivity contribution in [3.8, 4) is 11.8 Å². The Morgan fingerprint density at radius 2 is 1.54 bits per heavy atom. The number of nitriles is 1. The summed E-state index contributed by atoms with van der Waals surface area (Å²) in [5.74, 6) is -1.33. The Labute approximate surface area is 200 Å². The summed E-state index contributed by atoms with van der Waals surface area (Å²) in [4.78, 5) is 35.4. The molecule has 0 amide bonds. The maximum absolute atomic E-state index is 14.7. The Kier molecular flexibility index (Phi) is 5.84. The maximum atomic E-state index is 14.7. The van der Waals surface area contributed by atoms with Gasteiger partial charge in [0.2, 0.25) is 0 Å². The number of hydrogen-bond acceptors (Lipinski definition) is 6. The van der Waals surface area contributed by atoms with Gasteiger partial charge in [-0.05, 0) is 36.4 Å². The molecule has 0 bridgehead atoms. The Hall–Kier alpha value is -4.36. The predicted octanol–water partition coefficient (Wildman–Crippen LogP) is 4.19. The molecule has 0 atom stereocenters. The second-order valence-corrected chi connectivity index (χ2v) is 8.47. The first-order valence-electron chi connectivity index (χ1n) is 10.4. The number of aromatic nitrogens is 4. The summed E-state index contributed by atoms with van der Waals surface area (Å²) in [6.45, 7) is -0.211. The van der Waals surface area contributed by atoms with Gasteiger partial charge in [0.05, 0.1) is 39.3 Å². The number of halogens is 2. The molecule has 35 heavy (non-hydrogen) atoms. The van der Waals surface area contributed by atoms with Gasteiger partial charge in [-0.3, -0.25) is 18.7 Å². The van der Waals surface area contributed by atoms with Crippen molar-refractivity contribution in [2.45, 2.75) is 17.5 Å². The van der Waals surface area contributed by atoms with E-state index in [2.05, 4.69) is 9.97 Å². The summed E-state index contributed by atoms with van der Waals surface area (Å²) in [5, 5.41) is 10.0. The first kappa shape index (κ1) is 22.4. The van der Waals surface area contributed by atoms with Crippen LogP contribution < -0.4 is 11.1 Å². The topological polar surface area (TPSA) is 93.6 Å². The summed E-state index contributed by atoms with van der Waals surface area (Å²) in [6.07, 6.45) is 0. The minimum Gasteiger partial charge on any atom is -0.281 e. The van der Waals surface area contributed by atoms with Gasteiger partial charge in [-0.1, -0.05) is 36.0 Å². The van der Waals surface area contributed by atoms with Gasteiger partial charge < -0.3 is 0 Å². The smallest absolute Gasteiger partial charge is 0.266 e. The Morgan fingerprint density at radius 3 is 2.23 bits per heavy atom. The van der Waals surface area contributed by atoms with Gasteiger partial charge in [0.1, 0.15) is 24.0 Å². The summed E-state index contributed by atoms with van der Waals surface area (Å²) in [5.41, 5.74) is -0.167. The Morgan fingerprint density at radius 1 is 0.886 bits per heavy atom. The first-order chi connectivity index (χ1) is 17.0. The molecule has 0 saturated carbocycles. The standard InChI is InChI=1S/C25H15F2N5O2S/c26-15-9-10-21(18(27)13-15)32-24(34)17-6-2-4-8-20(17)30-25(32)35-14-22-29-19-7-3-1-5-16(19)23(33)31(22)12-11-28/h1-10,13H,12,14H2. The highest BCUT2D eigenvalue weighted by molar-refractivity contribution is 7.98. The predicted molar refractivity (Wildman–Crippen MR) is 128 cm³/mol. The van der Waals surface area contributed by atoms with Crippen LogP contribution in [0.15, 0.2) is 81.5 Å². The van der Waals surface area contributed by atoms with E-state index in [0.29, 0.717) is 28.3 Å². The van der Waals surface area contributed by atoms with Gasteiger partial charge in [-0.2, -0.15) is 5.26 Å². The zero-order valence-corrected chi connectivity index (χ0v) is 18.8. The molecule has 0 fully saturated rings. The van der Waals surface area contributed by atoms with Gasteiger partial charge in [0.25, 0.3) is 11.1 Å². The third kappa shape index (κ3) is 4.06. The van der Waals surface area contributed by atoms with Gasteiger partial charge >= 0.3 is 0 Å². The van der Waals surface area contributed by atoms with Crippen LogP contribution in [0.5, 0.6) is 0 Å². The van der Waals surface area contributed by atoms with Crippen molar-refractivity contribution in [2.24, 2.45) is 0 Å². The molecule has 5 rings (SSSR count). The van der Waals surface area contributed by atoms with Crippen LogP contribution in [0.1, 0.15) is 5.82 Å². The van der Waals surface area contributed by atoms with E-state index in [-0.39, 0.29) is 34.1 Å². The molecule has 0 aliphatic heterocycles. The van der Waals surface area contributed by atoms with Gasteiger partial charge in [0.15, 0.2) is 5.16 Å². The van der Waals surface area contributed by atoms with E-state index in [4.69, 9.17) is 0 Å². The SMILES string of the molecule is N#CCn1c(CSc2nc3ccccc3c(=O)n2-c2ccc(F)cc2F)nc2ccccc2c1=O. The molecule has 0 aliphatic carbocycles. The van der Waals surface area contributed by atoms with E-state index >= 15 is 0 Å². The van der Waals surface area contributed by atoms with Gasteiger partial charge in [0, 0.05) is 6.07 Å². The molecule has 0 spiro atoms. The van der Waals surface area contributed by atoms with Crippen LogP contribution in [0, 0.1) is 23.0 Å². The summed E-state index contributed by atoms with van der Waals surface area (Å²) >= 11 is 1.05.